The molecular formula is C32H38F3N3O3. The summed E-state index contributed by atoms with van der Waals surface area (Å²) < 4.78 is 52.4. The number of halogens is 3. The van der Waals surface area contributed by atoms with Gasteiger partial charge in [-0.05, 0) is 68.5 Å². The molecule has 2 bridgehead atoms. The molecule has 0 aliphatic heterocycles. The third kappa shape index (κ3) is 6.30. The molecule has 220 valence electrons. The van der Waals surface area contributed by atoms with E-state index in [9.17, 15) is 18.0 Å². The molecule has 3 aliphatic rings. The van der Waals surface area contributed by atoms with Crippen molar-refractivity contribution in [3.63, 3.8) is 0 Å². The number of aromatic amines is 1. The van der Waals surface area contributed by atoms with Crippen LogP contribution in [-0.4, -0.2) is 66.3 Å². The number of fused-ring (bicyclic) bond motifs is 4. The molecular weight excluding hydrogens is 531 g/mol. The van der Waals surface area contributed by atoms with Gasteiger partial charge in [-0.3, -0.25) is 0 Å². The number of allylic oxidation sites excluding steroid dienone is 1. The number of aryl methyl sites for hydroxylation is 1. The topological polar surface area (TPSA) is 67.4 Å². The van der Waals surface area contributed by atoms with Gasteiger partial charge in [-0.25, -0.2) is 14.2 Å². The van der Waals surface area contributed by atoms with Crippen molar-refractivity contribution in [1.82, 2.24) is 14.9 Å². The maximum atomic E-state index is 14.1. The minimum Gasteiger partial charge on any atom is -0.494 e. The van der Waals surface area contributed by atoms with E-state index >= 15 is 0 Å². The van der Waals surface area contributed by atoms with Crippen molar-refractivity contribution in [1.29, 1.82) is 0 Å². The second-order valence-electron chi connectivity index (χ2n) is 11.4. The van der Waals surface area contributed by atoms with Crippen molar-refractivity contribution < 1.29 is 27.4 Å². The van der Waals surface area contributed by atoms with Crippen molar-refractivity contribution in [3.8, 4) is 5.75 Å². The molecule has 2 aromatic carbocycles. The highest BCUT2D eigenvalue weighted by molar-refractivity contribution is 5.81. The summed E-state index contributed by atoms with van der Waals surface area (Å²) in [6, 6.07) is 15.8. The number of aromatic nitrogens is 2. The number of nitrogens with one attached hydrogen (secondary N) is 1. The average Bonchev–Trinajstić information content (AvgIpc) is 3.18. The van der Waals surface area contributed by atoms with Gasteiger partial charge in [0, 0.05) is 25.3 Å². The number of imidazole rings is 1. The number of para-hydroxylation sites is 1. The number of carbonyl (C=O) groups is 1. The maximum absolute atomic E-state index is 14.1. The highest BCUT2D eigenvalue weighted by Crippen LogP contribution is 2.51. The number of esters is 1. The Hall–Kier alpha value is -3.33. The van der Waals surface area contributed by atoms with E-state index in [1.54, 1.807) is 7.11 Å². The van der Waals surface area contributed by atoms with Crippen LogP contribution in [0, 0.1) is 11.8 Å². The van der Waals surface area contributed by atoms with Crippen LogP contribution in [0.1, 0.15) is 49.9 Å². The second kappa shape index (κ2) is 12.3. The molecule has 6 nitrogen and oxygen atoms in total. The van der Waals surface area contributed by atoms with Crippen molar-refractivity contribution in [2.45, 2.75) is 56.5 Å². The second-order valence-corrected chi connectivity index (χ2v) is 11.4. The van der Waals surface area contributed by atoms with Gasteiger partial charge >= 0.3 is 11.9 Å². The van der Waals surface area contributed by atoms with E-state index in [1.165, 1.54) is 5.57 Å². The fourth-order valence-electron chi connectivity index (χ4n) is 6.45. The molecule has 1 heterocycles. The highest BCUT2D eigenvalue weighted by atomic mass is 19.3. The van der Waals surface area contributed by atoms with E-state index in [0.29, 0.717) is 19.4 Å². The first-order chi connectivity index (χ1) is 19.7. The van der Waals surface area contributed by atoms with Crippen LogP contribution in [0.25, 0.3) is 16.6 Å². The Labute approximate surface area is 238 Å². The minimum absolute atomic E-state index is 0.0818. The zero-order valence-electron chi connectivity index (χ0n) is 23.7. The Morgan fingerprint density at radius 1 is 1.15 bits per heavy atom. The Balaban J connectivity index is 1.28. The first-order valence-corrected chi connectivity index (χ1v) is 14.4. The number of rotatable bonds is 12. The summed E-state index contributed by atoms with van der Waals surface area (Å²) in [4.78, 5) is 22.7. The van der Waals surface area contributed by atoms with Crippen molar-refractivity contribution in [2.24, 2.45) is 11.8 Å². The summed E-state index contributed by atoms with van der Waals surface area (Å²) in [5, 5.41) is 0. The molecule has 0 unspecified atom stereocenters. The van der Waals surface area contributed by atoms with Gasteiger partial charge in [0.05, 0.1) is 12.6 Å². The van der Waals surface area contributed by atoms with Gasteiger partial charge in [-0.15, -0.1) is 0 Å². The molecule has 1 N–H and O–H groups in total. The lowest BCUT2D eigenvalue weighted by Gasteiger charge is -2.44. The fourth-order valence-corrected chi connectivity index (χ4v) is 6.45. The molecule has 1 saturated carbocycles. The lowest BCUT2D eigenvalue weighted by atomic mass is 9.69. The summed E-state index contributed by atoms with van der Waals surface area (Å²) in [6.45, 7) is -0.757. The largest absolute Gasteiger partial charge is 0.494 e. The van der Waals surface area contributed by atoms with Crippen LogP contribution in [0.5, 0.6) is 5.75 Å². The number of methoxy groups -OCH3 is 1. The summed E-state index contributed by atoms with van der Waals surface area (Å²) in [5.74, 6) is -4.44. The third-order valence-electron chi connectivity index (χ3n) is 8.64. The van der Waals surface area contributed by atoms with Gasteiger partial charge in [0.15, 0.2) is 6.67 Å². The zero-order valence-corrected chi connectivity index (χ0v) is 23.7. The first-order valence-electron chi connectivity index (χ1n) is 14.4. The SMILES string of the molecule is COc1cccc2[nH]c(CCCN(C)CC[C@@]3(OC(=O)C(F)(F)CF)C[C@H]4CCC[C@H]3C=C4c3ccccc3)nc12. The fraction of sp³-hybridized carbons (Fsp3) is 0.500. The number of carbonyl (C=O) groups excluding carboxylic acids is 1. The molecule has 41 heavy (non-hydrogen) atoms. The zero-order chi connectivity index (χ0) is 29.0. The molecule has 3 aliphatic carbocycles. The molecule has 0 spiro atoms. The normalized spacial score (nSPS) is 22.5. The summed E-state index contributed by atoms with van der Waals surface area (Å²) >= 11 is 0. The van der Waals surface area contributed by atoms with Gasteiger partial charge < -0.3 is 19.4 Å². The van der Waals surface area contributed by atoms with Crippen LogP contribution in [0.15, 0.2) is 54.6 Å². The van der Waals surface area contributed by atoms with Crippen LogP contribution in [0.3, 0.4) is 0 Å². The van der Waals surface area contributed by atoms with Gasteiger partial charge in [0.1, 0.15) is 22.7 Å². The highest BCUT2D eigenvalue weighted by Gasteiger charge is 2.52. The van der Waals surface area contributed by atoms with Gasteiger partial charge in [0.2, 0.25) is 0 Å². The van der Waals surface area contributed by atoms with Crippen molar-refractivity contribution >= 4 is 22.6 Å². The Bertz CT molecular complexity index is 1380. The lowest BCUT2D eigenvalue weighted by molar-refractivity contribution is -0.197. The Kier molecular flexibility index (Phi) is 8.73. The van der Waals surface area contributed by atoms with E-state index in [0.717, 1.165) is 66.8 Å². The van der Waals surface area contributed by atoms with Crippen LogP contribution < -0.4 is 4.74 Å². The molecule has 6 rings (SSSR count). The Morgan fingerprint density at radius 2 is 1.95 bits per heavy atom. The number of hydrogen-bond donors (Lipinski definition) is 1. The summed E-state index contributed by atoms with van der Waals surface area (Å²) in [7, 11) is 3.60. The minimum atomic E-state index is -4.15. The third-order valence-corrected chi connectivity index (χ3v) is 8.64. The molecule has 0 saturated heterocycles. The van der Waals surface area contributed by atoms with Crippen LogP contribution >= 0.6 is 0 Å². The molecule has 1 aromatic heterocycles. The number of nitrogens with zero attached hydrogens (tertiary/aromatic N) is 2. The molecule has 3 atom stereocenters. The van der Waals surface area contributed by atoms with Crippen LogP contribution in [0.2, 0.25) is 0 Å². The van der Waals surface area contributed by atoms with Gasteiger partial charge in [-0.2, -0.15) is 8.78 Å². The molecule has 9 heteroatoms. The number of ether oxygens (including phenoxy) is 2. The number of alkyl halides is 3. The average molecular weight is 570 g/mol. The quantitative estimate of drug-likeness (QED) is 0.249. The van der Waals surface area contributed by atoms with E-state index in [4.69, 9.17) is 9.47 Å². The number of benzene rings is 2. The first kappa shape index (κ1) is 29.2. The van der Waals surface area contributed by atoms with Crippen molar-refractivity contribution in [2.75, 3.05) is 33.9 Å². The summed E-state index contributed by atoms with van der Waals surface area (Å²) in [6.07, 6.45) is 7.11. The molecule has 3 aromatic rings. The predicted molar refractivity (Wildman–Crippen MR) is 153 cm³/mol. The molecule has 1 fully saturated rings. The number of H-pyrrole nitrogens is 1. The molecule has 0 amide bonds. The van der Waals surface area contributed by atoms with Crippen molar-refractivity contribution in [3.05, 3.63) is 66.0 Å². The van der Waals surface area contributed by atoms with Crippen LogP contribution in [-0.2, 0) is 16.0 Å². The molecule has 0 radical (unpaired) electrons. The van der Waals surface area contributed by atoms with Crippen LogP contribution in [0.4, 0.5) is 13.2 Å². The summed E-state index contributed by atoms with van der Waals surface area (Å²) in [5.41, 5.74) is 2.93. The Morgan fingerprint density at radius 3 is 2.71 bits per heavy atom. The van der Waals surface area contributed by atoms with E-state index in [2.05, 4.69) is 33.1 Å². The monoisotopic (exact) mass is 569 g/mol. The smallest absolute Gasteiger partial charge is 0.380 e. The van der Waals surface area contributed by atoms with E-state index in [-0.39, 0.29) is 11.8 Å². The standard InChI is InChI=1S/C32H38F3N3O3/c1-38(17-8-15-28-36-26-13-7-14-27(40-2)29(26)37-28)18-16-31(41-30(39)32(34,35)21-33)20-23-11-6-12-24(31)19-25(23)22-9-4-3-5-10-22/h3-5,7,9-10,13-14,19,23-24H,6,8,11-12,15-18,20-21H2,1-2H3,(H,36,37)/t23-,24+,31-/m1/s1. The maximum Gasteiger partial charge on any atom is 0.380 e. The van der Waals surface area contributed by atoms with Gasteiger partial charge in [0.25, 0.3) is 0 Å². The van der Waals surface area contributed by atoms with E-state index in [1.807, 2.05) is 43.4 Å². The number of hydrogen-bond acceptors (Lipinski definition) is 5. The van der Waals surface area contributed by atoms with Gasteiger partial charge in [-0.1, -0.05) is 48.9 Å². The lowest BCUT2D eigenvalue weighted by Crippen LogP contribution is -2.50. The predicted octanol–water partition coefficient (Wildman–Crippen LogP) is 6.62. The van der Waals surface area contributed by atoms with E-state index < -0.39 is 24.2 Å².